The van der Waals surface area contributed by atoms with Crippen LogP contribution >= 0.6 is 0 Å². The Balaban J connectivity index is 1.65. The number of hydrogen-bond acceptors (Lipinski definition) is 7. The number of pyridine rings is 1. The molecule has 3 aromatic rings. The summed E-state index contributed by atoms with van der Waals surface area (Å²) < 4.78 is 12.0. The third-order valence-corrected chi connectivity index (χ3v) is 9.33. The van der Waals surface area contributed by atoms with Crippen LogP contribution in [-0.2, 0) is 28.0 Å². The van der Waals surface area contributed by atoms with Crippen LogP contribution in [0.2, 0.25) is 0 Å². The van der Waals surface area contributed by atoms with Gasteiger partial charge in [0.25, 0.3) is 5.91 Å². The second-order valence-electron chi connectivity index (χ2n) is 14.8. The number of nitrogens with one attached hydrogen (secondary N) is 1. The van der Waals surface area contributed by atoms with Crippen molar-refractivity contribution in [2.75, 3.05) is 26.1 Å². The van der Waals surface area contributed by atoms with Crippen LogP contribution in [0.25, 0.3) is 0 Å². The number of methoxy groups -OCH3 is 1. The molecule has 0 spiro atoms. The molecule has 2 aromatic carbocycles. The molecule has 46 heavy (non-hydrogen) atoms. The van der Waals surface area contributed by atoms with Gasteiger partial charge in [0, 0.05) is 56.3 Å². The molecule has 2 N–H and O–H groups in total. The molecule has 1 saturated heterocycles. The first-order chi connectivity index (χ1) is 21.6. The van der Waals surface area contributed by atoms with Crippen LogP contribution < -0.4 is 19.7 Å². The van der Waals surface area contributed by atoms with Crippen LogP contribution in [0.1, 0.15) is 69.8 Å². The SMILES string of the molecule is COc1ccc(C(C)(C)C)cc1CN[C@H]1[C@H](C(C)(C)C)[C@@H](C(=O)O)N(C(=O)[C@H]2Cc3ccccc3O2)[C@H]1c1cccnc1N(C)C. The first-order valence-electron chi connectivity index (χ1n) is 16.0. The van der Waals surface area contributed by atoms with Gasteiger partial charge >= 0.3 is 5.97 Å². The average molecular weight is 629 g/mol. The van der Waals surface area contributed by atoms with Crippen molar-refractivity contribution in [1.82, 2.24) is 15.2 Å². The summed E-state index contributed by atoms with van der Waals surface area (Å²) in [7, 11) is 5.47. The van der Waals surface area contributed by atoms with E-state index >= 15 is 0 Å². The smallest absolute Gasteiger partial charge is 0.326 e. The highest BCUT2D eigenvalue weighted by Gasteiger charge is 2.59. The van der Waals surface area contributed by atoms with Gasteiger partial charge in [0.1, 0.15) is 23.4 Å². The van der Waals surface area contributed by atoms with Crippen molar-refractivity contribution in [2.45, 2.75) is 84.2 Å². The number of para-hydroxylation sites is 1. The summed E-state index contributed by atoms with van der Waals surface area (Å²) in [5.41, 5.74) is 3.28. The lowest BCUT2D eigenvalue weighted by Crippen LogP contribution is -2.51. The number of hydrogen-bond donors (Lipinski definition) is 2. The predicted molar refractivity (Wildman–Crippen MR) is 179 cm³/mol. The van der Waals surface area contributed by atoms with Gasteiger partial charge in [0.15, 0.2) is 6.10 Å². The third kappa shape index (κ3) is 6.30. The number of likely N-dealkylation sites (tertiary alicyclic amines) is 1. The van der Waals surface area contributed by atoms with Crippen molar-refractivity contribution in [3.63, 3.8) is 0 Å². The first kappa shape index (κ1) is 33.3. The molecule has 1 amide bonds. The molecule has 2 aliphatic rings. The Morgan fingerprint density at radius 1 is 1.07 bits per heavy atom. The molecule has 0 radical (unpaired) electrons. The van der Waals surface area contributed by atoms with E-state index in [-0.39, 0.29) is 11.3 Å². The van der Waals surface area contributed by atoms with E-state index in [0.717, 1.165) is 22.4 Å². The quantitative estimate of drug-likeness (QED) is 0.332. The van der Waals surface area contributed by atoms with Gasteiger partial charge in [-0.15, -0.1) is 0 Å². The Kier molecular flexibility index (Phi) is 9.10. The van der Waals surface area contributed by atoms with Crippen LogP contribution in [0.4, 0.5) is 5.82 Å². The van der Waals surface area contributed by atoms with E-state index < -0.39 is 41.5 Å². The molecule has 0 saturated carbocycles. The molecule has 9 nitrogen and oxygen atoms in total. The minimum Gasteiger partial charge on any atom is -0.496 e. The van der Waals surface area contributed by atoms with E-state index in [9.17, 15) is 14.7 Å². The zero-order valence-electron chi connectivity index (χ0n) is 28.5. The minimum absolute atomic E-state index is 0.0718. The first-order valence-corrected chi connectivity index (χ1v) is 16.0. The summed E-state index contributed by atoms with van der Waals surface area (Å²) in [6, 6.07) is 15.4. The normalized spacial score (nSPS) is 22.7. The molecule has 5 rings (SSSR count). The summed E-state index contributed by atoms with van der Waals surface area (Å²) in [5.74, 6) is 0.242. The van der Waals surface area contributed by atoms with E-state index in [1.54, 1.807) is 18.2 Å². The number of carbonyl (C=O) groups is 2. The largest absolute Gasteiger partial charge is 0.496 e. The van der Waals surface area contributed by atoms with Gasteiger partial charge in [-0.25, -0.2) is 9.78 Å². The number of carboxylic acid groups (broad SMARTS) is 1. The van der Waals surface area contributed by atoms with Crippen molar-refractivity contribution in [3.05, 3.63) is 83.0 Å². The second-order valence-corrected chi connectivity index (χ2v) is 14.8. The fourth-order valence-corrected chi connectivity index (χ4v) is 7.16. The Labute approximate surface area is 272 Å². The van der Waals surface area contributed by atoms with Crippen LogP contribution in [0, 0.1) is 11.3 Å². The maximum absolute atomic E-state index is 14.7. The van der Waals surface area contributed by atoms with Gasteiger partial charge in [-0.3, -0.25) is 4.79 Å². The van der Waals surface area contributed by atoms with Gasteiger partial charge in [-0.2, -0.15) is 0 Å². The summed E-state index contributed by atoms with van der Waals surface area (Å²) in [6.45, 7) is 13.1. The number of carboxylic acids is 1. The zero-order valence-corrected chi connectivity index (χ0v) is 28.5. The number of aromatic nitrogens is 1. The Hall–Kier alpha value is -4.11. The molecule has 3 heterocycles. The molecule has 1 fully saturated rings. The minimum atomic E-state index is -1.11. The number of aliphatic carboxylic acids is 1. The third-order valence-electron chi connectivity index (χ3n) is 9.33. The predicted octanol–water partition coefficient (Wildman–Crippen LogP) is 5.61. The standard InChI is InChI=1S/C37H48N4O5/c1-36(2,3)24-16-17-26(45-9)23(19-24)21-39-30-29(37(4,5)6)32(35(43)44)41(31(30)25-14-12-18-38-33(25)40(7)8)34(42)28-20-22-13-10-11-15-27(22)46-28/h10-19,28-32,39H,20-21H2,1-9H3,(H,43,44)/t28-,29+,30+,31+,32+/m1/s1. The number of nitrogens with zero attached hydrogens (tertiary/aromatic N) is 3. The highest BCUT2D eigenvalue weighted by molar-refractivity contribution is 5.89. The van der Waals surface area contributed by atoms with Crippen molar-refractivity contribution in [1.29, 1.82) is 0 Å². The van der Waals surface area contributed by atoms with Gasteiger partial charge < -0.3 is 29.7 Å². The molecule has 9 heteroatoms. The molecule has 2 aliphatic heterocycles. The van der Waals surface area contributed by atoms with E-state index in [1.165, 1.54) is 5.56 Å². The van der Waals surface area contributed by atoms with Gasteiger partial charge in [0.2, 0.25) is 0 Å². The fourth-order valence-electron chi connectivity index (χ4n) is 7.16. The lowest BCUT2D eigenvalue weighted by Gasteiger charge is -2.35. The number of benzene rings is 2. The van der Waals surface area contributed by atoms with Crippen LogP contribution in [-0.4, -0.2) is 66.3 Å². The van der Waals surface area contributed by atoms with Crippen LogP contribution in [0.5, 0.6) is 11.5 Å². The number of ether oxygens (including phenoxy) is 2. The molecule has 1 aromatic heterocycles. The summed E-state index contributed by atoms with van der Waals surface area (Å²) in [6.07, 6.45) is 1.27. The Bertz CT molecular complexity index is 1570. The monoisotopic (exact) mass is 628 g/mol. The van der Waals surface area contributed by atoms with Crippen molar-refractivity contribution in [3.8, 4) is 11.5 Å². The number of amides is 1. The molecular weight excluding hydrogens is 580 g/mol. The van der Waals surface area contributed by atoms with Crippen LogP contribution in [0.15, 0.2) is 60.8 Å². The molecule has 0 unspecified atom stereocenters. The maximum Gasteiger partial charge on any atom is 0.326 e. The Morgan fingerprint density at radius 2 is 1.78 bits per heavy atom. The van der Waals surface area contributed by atoms with E-state index in [4.69, 9.17) is 9.47 Å². The molecule has 0 aliphatic carbocycles. The summed E-state index contributed by atoms with van der Waals surface area (Å²) in [5, 5.41) is 14.7. The van der Waals surface area contributed by atoms with Gasteiger partial charge in [0.05, 0.1) is 13.2 Å². The zero-order chi connectivity index (χ0) is 33.6. The van der Waals surface area contributed by atoms with Gasteiger partial charge in [-0.1, -0.05) is 77.9 Å². The topological polar surface area (TPSA) is 104 Å². The van der Waals surface area contributed by atoms with E-state index in [1.807, 2.05) is 82.2 Å². The van der Waals surface area contributed by atoms with Crippen molar-refractivity contribution in [2.24, 2.45) is 11.3 Å². The number of anilines is 1. The lowest BCUT2D eigenvalue weighted by atomic mass is 9.72. The van der Waals surface area contributed by atoms with Crippen molar-refractivity contribution < 1.29 is 24.2 Å². The van der Waals surface area contributed by atoms with Crippen molar-refractivity contribution >= 4 is 17.7 Å². The number of rotatable bonds is 8. The average Bonchev–Trinajstić information content (AvgIpc) is 3.59. The number of fused-ring (bicyclic) bond motifs is 1. The fraction of sp³-hybridized carbons (Fsp3) is 0.486. The number of carbonyl (C=O) groups excluding carboxylic acids is 1. The highest BCUT2D eigenvalue weighted by atomic mass is 16.5. The molecule has 246 valence electrons. The molecular formula is C37H48N4O5. The maximum atomic E-state index is 14.7. The summed E-state index contributed by atoms with van der Waals surface area (Å²) >= 11 is 0. The van der Waals surface area contributed by atoms with E-state index in [0.29, 0.717) is 24.5 Å². The Morgan fingerprint density at radius 3 is 2.39 bits per heavy atom. The summed E-state index contributed by atoms with van der Waals surface area (Å²) in [4.78, 5) is 36.2. The molecule has 5 atom stereocenters. The second kappa shape index (κ2) is 12.6. The van der Waals surface area contributed by atoms with Crippen LogP contribution in [0.3, 0.4) is 0 Å². The highest BCUT2D eigenvalue weighted by Crippen LogP contribution is 2.50. The van der Waals surface area contributed by atoms with Gasteiger partial charge in [-0.05, 0) is 40.2 Å². The van der Waals surface area contributed by atoms with E-state index in [2.05, 4.69) is 43.2 Å². The molecule has 0 bridgehead atoms. The lowest BCUT2D eigenvalue weighted by molar-refractivity contribution is -0.155.